The smallest absolute Gasteiger partial charge is 0.240 e. The fourth-order valence-corrected chi connectivity index (χ4v) is 3.72. The first-order valence-corrected chi connectivity index (χ1v) is 8.74. The Labute approximate surface area is 121 Å². The van der Waals surface area contributed by atoms with Gasteiger partial charge in [-0.05, 0) is 37.0 Å². The summed E-state index contributed by atoms with van der Waals surface area (Å²) in [7, 11) is -3.53. The molecule has 1 aliphatic carbocycles. The van der Waals surface area contributed by atoms with Crippen molar-refractivity contribution in [3.8, 4) is 0 Å². The van der Waals surface area contributed by atoms with Gasteiger partial charge >= 0.3 is 0 Å². The highest BCUT2D eigenvalue weighted by Gasteiger charge is 2.30. The van der Waals surface area contributed by atoms with Gasteiger partial charge in [0.05, 0.1) is 10.5 Å². The molecule has 1 aliphatic rings. The second kappa shape index (κ2) is 6.24. The zero-order chi connectivity index (χ0) is 14.6. The molecule has 0 atom stereocenters. The van der Waals surface area contributed by atoms with Gasteiger partial charge in [0.25, 0.3) is 0 Å². The van der Waals surface area contributed by atoms with Crippen LogP contribution in [-0.2, 0) is 16.4 Å². The van der Waals surface area contributed by atoms with Crippen LogP contribution in [0.3, 0.4) is 0 Å². The number of sulfonamides is 1. The van der Waals surface area contributed by atoms with Crippen molar-refractivity contribution in [2.75, 3.05) is 6.54 Å². The van der Waals surface area contributed by atoms with Crippen molar-refractivity contribution in [1.82, 2.24) is 4.72 Å². The first-order valence-electron chi connectivity index (χ1n) is 7.26. The zero-order valence-corrected chi connectivity index (χ0v) is 12.7. The maximum absolute atomic E-state index is 12.2. The van der Waals surface area contributed by atoms with Gasteiger partial charge in [-0.2, -0.15) is 0 Å². The fourth-order valence-electron chi connectivity index (χ4n) is 2.60. The molecule has 0 aliphatic heterocycles. The molecule has 1 fully saturated rings. The molecule has 112 valence electrons. The van der Waals surface area contributed by atoms with Crippen molar-refractivity contribution in [3.05, 3.63) is 29.8 Å². The first kappa shape index (κ1) is 15.5. The second-order valence-corrected chi connectivity index (χ2v) is 7.37. The molecule has 1 aromatic carbocycles. The molecule has 4 nitrogen and oxygen atoms in total. The summed E-state index contributed by atoms with van der Waals surface area (Å²) in [6, 6.07) is 6.88. The van der Waals surface area contributed by atoms with Gasteiger partial charge in [-0.25, -0.2) is 13.1 Å². The summed E-state index contributed by atoms with van der Waals surface area (Å²) in [6.45, 7) is 2.13. The van der Waals surface area contributed by atoms with Crippen LogP contribution < -0.4 is 4.72 Å². The molecule has 0 unspecified atom stereocenters. The predicted octanol–water partition coefficient (Wildman–Crippen LogP) is 2.22. The van der Waals surface area contributed by atoms with Crippen LogP contribution in [0.25, 0.3) is 0 Å². The highest BCUT2D eigenvalue weighted by Crippen LogP contribution is 2.27. The van der Waals surface area contributed by atoms with Gasteiger partial charge in [-0.1, -0.05) is 38.3 Å². The van der Waals surface area contributed by atoms with Crippen LogP contribution in [0, 0.1) is 0 Å². The SMILES string of the molecule is CCc1ccc(S(=O)(=O)NCC2(O)CCCCC2)cc1. The normalized spacial score (nSPS) is 18.9. The minimum absolute atomic E-state index is 0.102. The van der Waals surface area contributed by atoms with Crippen molar-refractivity contribution < 1.29 is 13.5 Å². The molecule has 1 aromatic rings. The number of hydrogen-bond donors (Lipinski definition) is 2. The lowest BCUT2D eigenvalue weighted by Gasteiger charge is -2.32. The topological polar surface area (TPSA) is 66.4 Å². The Morgan fingerprint density at radius 1 is 1.15 bits per heavy atom. The number of hydrogen-bond acceptors (Lipinski definition) is 3. The fraction of sp³-hybridized carbons (Fsp3) is 0.600. The Morgan fingerprint density at radius 2 is 1.75 bits per heavy atom. The molecule has 1 saturated carbocycles. The molecule has 0 spiro atoms. The van der Waals surface area contributed by atoms with Gasteiger partial charge in [0.15, 0.2) is 0 Å². The van der Waals surface area contributed by atoms with Gasteiger partial charge in [-0.15, -0.1) is 0 Å². The van der Waals surface area contributed by atoms with E-state index in [1.54, 1.807) is 12.1 Å². The Hall–Kier alpha value is -0.910. The zero-order valence-electron chi connectivity index (χ0n) is 11.9. The average molecular weight is 297 g/mol. The first-order chi connectivity index (χ1) is 9.45. The second-order valence-electron chi connectivity index (χ2n) is 5.61. The average Bonchev–Trinajstić information content (AvgIpc) is 2.46. The third kappa shape index (κ3) is 3.81. The summed E-state index contributed by atoms with van der Waals surface area (Å²) in [5.74, 6) is 0. The quantitative estimate of drug-likeness (QED) is 0.876. The molecule has 0 saturated heterocycles. The van der Waals surface area contributed by atoms with E-state index in [9.17, 15) is 13.5 Å². The summed E-state index contributed by atoms with van der Waals surface area (Å²) >= 11 is 0. The molecule has 2 N–H and O–H groups in total. The van der Waals surface area contributed by atoms with Crippen LogP contribution in [0.4, 0.5) is 0 Å². The number of rotatable bonds is 5. The molecule has 20 heavy (non-hydrogen) atoms. The standard InChI is InChI=1S/C15H23NO3S/c1-2-13-6-8-14(9-7-13)20(18,19)16-12-15(17)10-4-3-5-11-15/h6-9,16-17H,2-5,10-12H2,1H3. The van der Waals surface area contributed by atoms with E-state index in [1.807, 2.05) is 19.1 Å². The van der Waals surface area contributed by atoms with Gasteiger partial charge < -0.3 is 5.11 Å². The van der Waals surface area contributed by atoms with Gasteiger partial charge in [0.2, 0.25) is 10.0 Å². The molecule has 0 heterocycles. The van der Waals surface area contributed by atoms with Gasteiger partial charge in [0, 0.05) is 6.54 Å². The van der Waals surface area contributed by atoms with E-state index in [4.69, 9.17) is 0 Å². The van der Waals surface area contributed by atoms with Crippen molar-refractivity contribution in [3.63, 3.8) is 0 Å². The van der Waals surface area contributed by atoms with Crippen molar-refractivity contribution in [2.45, 2.75) is 55.9 Å². The lowest BCUT2D eigenvalue weighted by atomic mass is 9.85. The summed E-state index contributed by atoms with van der Waals surface area (Å²) in [6.07, 6.45) is 5.27. The van der Waals surface area contributed by atoms with E-state index in [0.29, 0.717) is 12.8 Å². The molecule has 2 rings (SSSR count). The van der Waals surface area contributed by atoms with E-state index >= 15 is 0 Å². The van der Waals surface area contributed by atoms with E-state index in [0.717, 1.165) is 31.2 Å². The van der Waals surface area contributed by atoms with Crippen LogP contribution in [0.5, 0.6) is 0 Å². The monoisotopic (exact) mass is 297 g/mol. The summed E-state index contributed by atoms with van der Waals surface area (Å²) in [5, 5.41) is 10.3. The van der Waals surface area contributed by atoms with Crippen molar-refractivity contribution in [1.29, 1.82) is 0 Å². The lowest BCUT2D eigenvalue weighted by molar-refractivity contribution is 0.00945. The lowest BCUT2D eigenvalue weighted by Crippen LogP contribution is -2.44. The Kier molecular flexibility index (Phi) is 4.83. The van der Waals surface area contributed by atoms with E-state index in [1.165, 1.54) is 0 Å². The predicted molar refractivity (Wildman–Crippen MR) is 79.0 cm³/mol. The molecule has 0 bridgehead atoms. The summed E-state index contributed by atoms with van der Waals surface area (Å²) in [5.41, 5.74) is 0.226. The van der Waals surface area contributed by atoms with E-state index < -0.39 is 15.6 Å². The van der Waals surface area contributed by atoms with Crippen LogP contribution in [0.2, 0.25) is 0 Å². The van der Waals surface area contributed by atoms with Crippen LogP contribution in [-0.4, -0.2) is 25.7 Å². The maximum atomic E-state index is 12.2. The number of aliphatic hydroxyl groups is 1. The van der Waals surface area contributed by atoms with E-state index in [-0.39, 0.29) is 11.4 Å². The Morgan fingerprint density at radius 3 is 2.30 bits per heavy atom. The van der Waals surface area contributed by atoms with Crippen LogP contribution in [0.15, 0.2) is 29.2 Å². The summed E-state index contributed by atoms with van der Waals surface area (Å²) < 4.78 is 26.9. The van der Waals surface area contributed by atoms with E-state index in [2.05, 4.69) is 4.72 Å². The molecule has 5 heteroatoms. The third-order valence-electron chi connectivity index (χ3n) is 4.02. The highest BCUT2D eigenvalue weighted by molar-refractivity contribution is 7.89. The molecule has 0 radical (unpaired) electrons. The van der Waals surface area contributed by atoms with Crippen LogP contribution >= 0.6 is 0 Å². The van der Waals surface area contributed by atoms with Gasteiger partial charge in [0.1, 0.15) is 0 Å². The van der Waals surface area contributed by atoms with Crippen molar-refractivity contribution in [2.24, 2.45) is 0 Å². The number of nitrogens with one attached hydrogen (secondary N) is 1. The Bertz CT molecular complexity index is 531. The largest absolute Gasteiger partial charge is 0.389 e. The molecule has 0 aromatic heterocycles. The summed E-state index contributed by atoms with van der Waals surface area (Å²) in [4.78, 5) is 0.258. The maximum Gasteiger partial charge on any atom is 0.240 e. The number of aryl methyl sites for hydroxylation is 1. The minimum Gasteiger partial charge on any atom is -0.389 e. The van der Waals surface area contributed by atoms with Gasteiger partial charge in [-0.3, -0.25) is 0 Å². The van der Waals surface area contributed by atoms with Crippen LogP contribution in [0.1, 0.15) is 44.6 Å². The van der Waals surface area contributed by atoms with Crippen molar-refractivity contribution >= 4 is 10.0 Å². The Balaban J connectivity index is 2.02. The third-order valence-corrected chi connectivity index (χ3v) is 5.43. The minimum atomic E-state index is -3.53. The number of benzene rings is 1. The molecular weight excluding hydrogens is 274 g/mol. The molecule has 0 amide bonds. The molecular formula is C15H23NO3S. The highest BCUT2D eigenvalue weighted by atomic mass is 32.2.